The van der Waals surface area contributed by atoms with E-state index in [0.717, 1.165) is 22.4 Å². The number of hydrogen-bond donors (Lipinski definition) is 0. The first-order valence-electron chi connectivity index (χ1n) is 6.18. The molecule has 3 aromatic rings. The third kappa shape index (κ3) is 2.15. The molecule has 0 fully saturated rings. The largest absolute Gasteiger partial charge is 0.363 e. The highest BCUT2D eigenvalue weighted by molar-refractivity contribution is 5.81. The van der Waals surface area contributed by atoms with Crippen molar-refractivity contribution in [3.63, 3.8) is 0 Å². The summed E-state index contributed by atoms with van der Waals surface area (Å²) in [6, 6.07) is 10.3. The molecule has 0 radical (unpaired) electrons. The van der Waals surface area contributed by atoms with Crippen LogP contribution >= 0.6 is 0 Å². The maximum absolute atomic E-state index is 5.17. The highest BCUT2D eigenvalue weighted by Gasteiger charge is 2.13. The Morgan fingerprint density at radius 2 is 1.74 bits per heavy atom. The third-order valence-corrected chi connectivity index (χ3v) is 3.20. The Labute approximate surface area is 111 Å². The highest BCUT2D eigenvalue weighted by atomic mass is 16.5. The van der Waals surface area contributed by atoms with Gasteiger partial charge in [-0.2, -0.15) is 0 Å². The smallest absolute Gasteiger partial charge is 0.132 e. The lowest BCUT2D eigenvalue weighted by atomic mass is 9.98. The highest BCUT2D eigenvalue weighted by Crippen LogP contribution is 2.32. The molecule has 3 nitrogen and oxygen atoms in total. The van der Waals surface area contributed by atoms with Crippen LogP contribution in [-0.2, 0) is 0 Å². The van der Waals surface area contributed by atoms with Crippen LogP contribution in [0.5, 0.6) is 0 Å². The van der Waals surface area contributed by atoms with Crippen LogP contribution in [-0.4, -0.2) is 10.1 Å². The number of hydrogen-bond acceptors (Lipinski definition) is 3. The van der Waals surface area contributed by atoms with Crippen molar-refractivity contribution in [1.29, 1.82) is 0 Å². The number of aryl methyl sites for hydroxylation is 2. The molecule has 19 heavy (non-hydrogen) atoms. The average Bonchev–Trinajstić information content (AvgIpc) is 2.89. The molecule has 2 aromatic heterocycles. The first-order chi connectivity index (χ1) is 9.25. The number of rotatable bonds is 2. The first kappa shape index (κ1) is 11.7. The average molecular weight is 250 g/mol. The Balaban J connectivity index is 2.15. The summed E-state index contributed by atoms with van der Waals surface area (Å²) >= 11 is 0. The zero-order valence-electron chi connectivity index (χ0n) is 10.9. The van der Waals surface area contributed by atoms with Crippen molar-refractivity contribution in [2.45, 2.75) is 13.8 Å². The summed E-state index contributed by atoms with van der Waals surface area (Å²) in [4.78, 5) is 4.04. The Kier molecular flexibility index (Phi) is 2.88. The van der Waals surface area contributed by atoms with Crippen molar-refractivity contribution in [2.24, 2.45) is 0 Å². The van der Waals surface area contributed by atoms with Crippen molar-refractivity contribution in [3.8, 4) is 22.4 Å². The Morgan fingerprint density at radius 3 is 2.47 bits per heavy atom. The summed E-state index contributed by atoms with van der Waals surface area (Å²) in [6.45, 7) is 4.18. The van der Waals surface area contributed by atoms with Gasteiger partial charge in [0.25, 0.3) is 0 Å². The van der Waals surface area contributed by atoms with Crippen molar-refractivity contribution < 1.29 is 4.52 Å². The Hall–Kier alpha value is -2.42. The second-order valence-corrected chi connectivity index (χ2v) is 4.63. The summed E-state index contributed by atoms with van der Waals surface area (Å²) < 4.78 is 5.17. The van der Waals surface area contributed by atoms with Gasteiger partial charge in [-0.1, -0.05) is 28.9 Å². The number of nitrogens with zero attached hydrogens (tertiary/aromatic N) is 2. The second kappa shape index (κ2) is 4.69. The van der Waals surface area contributed by atoms with Crippen LogP contribution in [0, 0.1) is 13.8 Å². The van der Waals surface area contributed by atoms with Crippen molar-refractivity contribution in [3.05, 3.63) is 60.1 Å². The molecule has 0 aliphatic rings. The minimum absolute atomic E-state index is 0.878. The molecule has 94 valence electrons. The Bertz CT molecular complexity index is 702. The van der Waals surface area contributed by atoms with Gasteiger partial charge in [-0.05, 0) is 37.1 Å². The molecule has 0 aliphatic heterocycles. The van der Waals surface area contributed by atoms with Gasteiger partial charge in [0, 0.05) is 23.5 Å². The maximum Gasteiger partial charge on any atom is 0.132 e. The van der Waals surface area contributed by atoms with Gasteiger partial charge in [0.05, 0.1) is 0 Å². The van der Waals surface area contributed by atoms with Crippen LogP contribution in [0.3, 0.4) is 0 Å². The fraction of sp³-hybridized carbons (Fsp3) is 0.125. The molecular formula is C16H14N2O. The molecule has 0 aliphatic carbocycles. The second-order valence-electron chi connectivity index (χ2n) is 4.63. The van der Waals surface area contributed by atoms with Gasteiger partial charge in [-0.15, -0.1) is 0 Å². The van der Waals surface area contributed by atoms with Crippen LogP contribution in [0.15, 0.2) is 53.5 Å². The summed E-state index contributed by atoms with van der Waals surface area (Å²) in [6.07, 6.45) is 5.23. The van der Waals surface area contributed by atoms with Gasteiger partial charge >= 0.3 is 0 Å². The van der Waals surface area contributed by atoms with Crippen LogP contribution in [0.2, 0.25) is 0 Å². The van der Waals surface area contributed by atoms with Gasteiger partial charge in [0.2, 0.25) is 0 Å². The van der Waals surface area contributed by atoms with Crippen molar-refractivity contribution in [1.82, 2.24) is 10.1 Å². The molecule has 0 atom stereocenters. The lowest BCUT2D eigenvalue weighted by molar-refractivity contribution is 0.422. The molecule has 0 spiro atoms. The number of pyridine rings is 1. The van der Waals surface area contributed by atoms with E-state index in [9.17, 15) is 0 Å². The van der Waals surface area contributed by atoms with Gasteiger partial charge in [-0.25, -0.2) is 0 Å². The first-order valence-corrected chi connectivity index (χ1v) is 6.18. The van der Waals surface area contributed by atoms with Gasteiger partial charge in [0.15, 0.2) is 0 Å². The zero-order chi connectivity index (χ0) is 13.2. The van der Waals surface area contributed by atoms with E-state index >= 15 is 0 Å². The molecule has 0 saturated heterocycles. The molecule has 0 amide bonds. The summed E-state index contributed by atoms with van der Waals surface area (Å²) in [5.74, 6) is 0. The van der Waals surface area contributed by atoms with E-state index in [2.05, 4.69) is 42.2 Å². The predicted octanol–water partition coefficient (Wildman–Crippen LogP) is 4.02. The van der Waals surface area contributed by atoms with E-state index in [4.69, 9.17) is 4.52 Å². The van der Waals surface area contributed by atoms with E-state index in [0.29, 0.717) is 0 Å². The van der Waals surface area contributed by atoms with E-state index in [1.165, 1.54) is 11.1 Å². The molecule has 0 bridgehead atoms. The number of aromatic nitrogens is 2. The fourth-order valence-electron chi connectivity index (χ4n) is 2.25. The van der Waals surface area contributed by atoms with Crippen LogP contribution < -0.4 is 0 Å². The standard InChI is InChI=1S/C16H14N2O/c1-11-3-4-14(12(2)9-11)16-15(10-19-18-16)13-5-7-17-8-6-13/h3-10H,1-2H3. The number of benzene rings is 1. The summed E-state index contributed by atoms with van der Waals surface area (Å²) in [5, 5.41) is 4.16. The van der Waals surface area contributed by atoms with Crippen LogP contribution in [0.25, 0.3) is 22.4 Å². The van der Waals surface area contributed by atoms with Gasteiger partial charge in [-0.3, -0.25) is 4.98 Å². The minimum Gasteiger partial charge on any atom is -0.363 e. The van der Waals surface area contributed by atoms with E-state index < -0.39 is 0 Å². The third-order valence-electron chi connectivity index (χ3n) is 3.20. The maximum atomic E-state index is 5.17. The summed E-state index contributed by atoms with van der Waals surface area (Å²) in [7, 11) is 0. The van der Waals surface area contributed by atoms with Gasteiger partial charge in [0.1, 0.15) is 12.0 Å². The summed E-state index contributed by atoms with van der Waals surface area (Å²) in [5.41, 5.74) is 6.48. The van der Waals surface area contributed by atoms with Crippen molar-refractivity contribution >= 4 is 0 Å². The molecule has 3 rings (SSSR count). The molecule has 1 aromatic carbocycles. The van der Waals surface area contributed by atoms with Crippen LogP contribution in [0.1, 0.15) is 11.1 Å². The molecule has 0 saturated carbocycles. The van der Waals surface area contributed by atoms with E-state index in [-0.39, 0.29) is 0 Å². The fourth-order valence-corrected chi connectivity index (χ4v) is 2.25. The molecule has 2 heterocycles. The van der Waals surface area contributed by atoms with E-state index in [1.807, 2.05) is 12.1 Å². The predicted molar refractivity (Wildman–Crippen MR) is 74.6 cm³/mol. The Morgan fingerprint density at radius 1 is 0.947 bits per heavy atom. The molecule has 0 N–H and O–H groups in total. The molecule has 3 heteroatoms. The SMILES string of the molecule is Cc1ccc(-c2nocc2-c2ccncc2)c(C)c1. The lowest BCUT2D eigenvalue weighted by Crippen LogP contribution is -1.87. The zero-order valence-corrected chi connectivity index (χ0v) is 10.9. The topological polar surface area (TPSA) is 38.9 Å². The lowest BCUT2D eigenvalue weighted by Gasteiger charge is -2.06. The normalized spacial score (nSPS) is 10.6. The van der Waals surface area contributed by atoms with Crippen molar-refractivity contribution in [2.75, 3.05) is 0 Å². The molecular weight excluding hydrogens is 236 g/mol. The quantitative estimate of drug-likeness (QED) is 0.689. The monoisotopic (exact) mass is 250 g/mol. The van der Waals surface area contributed by atoms with E-state index in [1.54, 1.807) is 18.7 Å². The minimum atomic E-state index is 0.878. The molecule has 0 unspecified atom stereocenters. The van der Waals surface area contributed by atoms with Crippen LogP contribution in [0.4, 0.5) is 0 Å². The van der Waals surface area contributed by atoms with Gasteiger partial charge < -0.3 is 4.52 Å².